The molecule has 0 saturated carbocycles. The highest BCUT2D eigenvalue weighted by molar-refractivity contribution is 5.83. The lowest BCUT2D eigenvalue weighted by molar-refractivity contribution is -0.141. The van der Waals surface area contributed by atoms with E-state index in [1.807, 2.05) is 11.8 Å². The zero-order chi connectivity index (χ0) is 14.8. The van der Waals surface area contributed by atoms with Gasteiger partial charge in [-0.05, 0) is 6.42 Å². The third-order valence-electron chi connectivity index (χ3n) is 3.71. The molecule has 112 valence electrons. The first-order valence-electron chi connectivity index (χ1n) is 6.93. The molecule has 2 N–H and O–H groups in total. The van der Waals surface area contributed by atoms with Crippen molar-refractivity contribution in [2.24, 2.45) is 5.92 Å². The van der Waals surface area contributed by atoms with Crippen LogP contribution in [0.5, 0.6) is 0 Å². The number of carboxylic acid groups (broad SMARTS) is 1. The van der Waals surface area contributed by atoms with Crippen LogP contribution in [0.25, 0.3) is 11.2 Å². The van der Waals surface area contributed by atoms with E-state index < -0.39 is 11.9 Å². The molecule has 2 unspecified atom stereocenters. The second-order valence-corrected chi connectivity index (χ2v) is 5.04. The monoisotopic (exact) mass is 291 g/mol. The molecule has 2 aromatic rings. The minimum absolute atomic E-state index is 0.233. The summed E-state index contributed by atoms with van der Waals surface area (Å²) in [5.41, 5.74) is 1.30. The summed E-state index contributed by atoms with van der Waals surface area (Å²) in [6, 6.07) is -0.233. The van der Waals surface area contributed by atoms with Gasteiger partial charge in [-0.1, -0.05) is 6.92 Å². The predicted octanol–water partition coefficient (Wildman–Crippen LogP) is 0.669. The molecule has 0 spiro atoms. The average molecular weight is 291 g/mol. The second-order valence-electron chi connectivity index (χ2n) is 5.04. The highest BCUT2D eigenvalue weighted by Gasteiger charge is 2.39. The molecule has 1 fully saturated rings. The first kappa shape index (κ1) is 13.7. The Morgan fingerprint density at radius 2 is 2.33 bits per heavy atom. The Hall–Kier alpha value is -2.22. The fourth-order valence-corrected chi connectivity index (χ4v) is 2.73. The molecular formula is C13H17N5O3. The molecule has 8 heteroatoms. The average Bonchev–Trinajstić information content (AvgIpc) is 3.12. The van der Waals surface area contributed by atoms with Gasteiger partial charge in [-0.3, -0.25) is 4.79 Å². The number of imidazole rings is 1. The van der Waals surface area contributed by atoms with Gasteiger partial charge in [-0.15, -0.1) is 0 Å². The maximum absolute atomic E-state index is 11.4. The summed E-state index contributed by atoms with van der Waals surface area (Å²) in [7, 11) is 0. The van der Waals surface area contributed by atoms with E-state index in [9.17, 15) is 9.90 Å². The third kappa shape index (κ3) is 2.42. The molecule has 1 aliphatic heterocycles. The smallest absolute Gasteiger partial charge is 0.311 e. The number of carboxylic acids is 1. The Labute approximate surface area is 121 Å². The molecule has 2 aromatic heterocycles. The first-order chi connectivity index (χ1) is 10.2. The Balaban J connectivity index is 2.01. The van der Waals surface area contributed by atoms with Crippen LogP contribution in [0.2, 0.25) is 0 Å². The number of aromatic nitrogens is 4. The minimum Gasteiger partial charge on any atom is -0.481 e. The van der Waals surface area contributed by atoms with Gasteiger partial charge in [0, 0.05) is 6.54 Å². The standard InChI is InChI=1S/C13H17N5O3/c1-2-3-18(9-5-21-4-8(9)13(19)20)12-10-11(15-6-14-10)16-7-17-12/h6-9H,2-5H2,1H3,(H,19,20)(H,14,15,16,17). The number of carbonyl (C=O) groups is 1. The molecule has 0 aromatic carbocycles. The van der Waals surface area contributed by atoms with Crippen molar-refractivity contribution in [1.82, 2.24) is 19.9 Å². The largest absolute Gasteiger partial charge is 0.481 e. The molecular weight excluding hydrogens is 274 g/mol. The number of hydrogen-bond donors (Lipinski definition) is 2. The summed E-state index contributed by atoms with van der Waals surface area (Å²) in [4.78, 5) is 29.0. The molecule has 2 atom stereocenters. The van der Waals surface area contributed by atoms with Gasteiger partial charge < -0.3 is 19.7 Å². The molecule has 3 heterocycles. The van der Waals surface area contributed by atoms with Gasteiger partial charge in [0.05, 0.1) is 25.6 Å². The Morgan fingerprint density at radius 1 is 1.48 bits per heavy atom. The fourth-order valence-electron chi connectivity index (χ4n) is 2.73. The quantitative estimate of drug-likeness (QED) is 0.834. The maximum atomic E-state index is 11.4. The number of aliphatic carboxylic acids is 1. The van der Waals surface area contributed by atoms with Gasteiger partial charge in [0.15, 0.2) is 11.5 Å². The molecule has 0 aliphatic carbocycles. The van der Waals surface area contributed by atoms with Gasteiger partial charge in [0.1, 0.15) is 17.8 Å². The number of rotatable bonds is 5. The van der Waals surface area contributed by atoms with E-state index in [-0.39, 0.29) is 12.6 Å². The summed E-state index contributed by atoms with van der Waals surface area (Å²) in [6.07, 6.45) is 3.89. The van der Waals surface area contributed by atoms with Crippen molar-refractivity contribution in [3.63, 3.8) is 0 Å². The molecule has 8 nitrogen and oxygen atoms in total. The number of ether oxygens (including phenoxy) is 1. The molecule has 0 amide bonds. The van der Waals surface area contributed by atoms with Crippen LogP contribution < -0.4 is 4.90 Å². The van der Waals surface area contributed by atoms with Crippen LogP contribution in [0.3, 0.4) is 0 Å². The van der Waals surface area contributed by atoms with Gasteiger partial charge >= 0.3 is 5.97 Å². The molecule has 1 saturated heterocycles. The molecule has 0 bridgehead atoms. The zero-order valence-corrected chi connectivity index (χ0v) is 11.7. The third-order valence-corrected chi connectivity index (χ3v) is 3.71. The van der Waals surface area contributed by atoms with E-state index in [2.05, 4.69) is 19.9 Å². The van der Waals surface area contributed by atoms with Crippen molar-refractivity contribution in [3.8, 4) is 0 Å². The summed E-state index contributed by atoms with van der Waals surface area (Å²) in [6.45, 7) is 3.36. The number of nitrogens with one attached hydrogen (secondary N) is 1. The summed E-state index contributed by atoms with van der Waals surface area (Å²) < 4.78 is 5.38. The Bertz CT molecular complexity index is 644. The van der Waals surface area contributed by atoms with E-state index in [0.717, 1.165) is 11.9 Å². The lowest BCUT2D eigenvalue weighted by atomic mass is 10.0. The summed E-state index contributed by atoms with van der Waals surface area (Å²) in [5.74, 6) is -0.709. The van der Waals surface area contributed by atoms with E-state index in [0.29, 0.717) is 24.6 Å². The first-order valence-corrected chi connectivity index (χ1v) is 6.93. The Kier molecular flexibility index (Phi) is 3.70. The van der Waals surface area contributed by atoms with Crippen molar-refractivity contribution in [2.75, 3.05) is 24.7 Å². The van der Waals surface area contributed by atoms with Crippen LogP contribution in [0.1, 0.15) is 13.3 Å². The van der Waals surface area contributed by atoms with Crippen molar-refractivity contribution in [3.05, 3.63) is 12.7 Å². The Morgan fingerprint density at radius 3 is 3.10 bits per heavy atom. The fraction of sp³-hybridized carbons (Fsp3) is 0.538. The zero-order valence-electron chi connectivity index (χ0n) is 11.7. The van der Waals surface area contributed by atoms with Crippen molar-refractivity contribution >= 4 is 23.0 Å². The van der Waals surface area contributed by atoms with E-state index >= 15 is 0 Å². The molecule has 0 radical (unpaired) electrons. The van der Waals surface area contributed by atoms with Crippen molar-refractivity contribution in [1.29, 1.82) is 0 Å². The number of hydrogen-bond acceptors (Lipinski definition) is 6. The second kappa shape index (κ2) is 5.65. The minimum atomic E-state index is -0.839. The highest BCUT2D eigenvalue weighted by Crippen LogP contribution is 2.28. The summed E-state index contributed by atoms with van der Waals surface area (Å²) in [5, 5.41) is 9.36. The van der Waals surface area contributed by atoms with Gasteiger partial charge in [-0.2, -0.15) is 0 Å². The number of anilines is 1. The molecule has 3 rings (SSSR count). The van der Waals surface area contributed by atoms with Gasteiger partial charge in [0.2, 0.25) is 0 Å². The molecule has 1 aliphatic rings. The topological polar surface area (TPSA) is 104 Å². The van der Waals surface area contributed by atoms with Crippen LogP contribution in [-0.4, -0.2) is 56.8 Å². The number of nitrogens with zero attached hydrogens (tertiary/aromatic N) is 4. The lowest BCUT2D eigenvalue weighted by Crippen LogP contribution is -2.44. The number of H-pyrrole nitrogens is 1. The van der Waals surface area contributed by atoms with E-state index in [4.69, 9.17) is 4.74 Å². The molecule has 21 heavy (non-hydrogen) atoms. The van der Waals surface area contributed by atoms with Crippen molar-refractivity contribution < 1.29 is 14.6 Å². The van der Waals surface area contributed by atoms with Crippen LogP contribution >= 0.6 is 0 Å². The predicted molar refractivity (Wildman–Crippen MR) is 75.1 cm³/mol. The van der Waals surface area contributed by atoms with E-state index in [1.165, 1.54) is 6.33 Å². The SMILES string of the molecule is CCCN(c1ncnc2nc[nH]c12)C1COCC1C(=O)O. The lowest BCUT2D eigenvalue weighted by Gasteiger charge is -2.31. The van der Waals surface area contributed by atoms with E-state index in [1.54, 1.807) is 6.33 Å². The number of aromatic amines is 1. The van der Waals surface area contributed by atoms with Gasteiger partial charge in [0.25, 0.3) is 0 Å². The van der Waals surface area contributed by atoms with Crippen LogP contribution in [0.15, 0.2) is 12.7 Å². The van der Waals surface area contributed by atoms with Gasteiger partial charge in [-0.25, -0.2) is 15.0 Å². The highest BCUT2D eigenvalue weighted by atomic mass is 16.5. The number of fused-ring (bicyclic) bond motifs is 1. The van der Waals surface area contributed by atoms with Crippen LogP contribution in [-0.2, 0) is 9.53 Å². The van der Waals surface area contributed by atoms with Crippen LogP contribution in [0, 0.1) is 5.92 Å². The van der Waals surface area contributed by atoms with Crippen LogP contribution in [0.4, 0.5) is 5.82 Å². The maximum Gasteiger partial charge on any atom is 0.311 e. The normalized spacial score (nSPS) is 21.8. The summed E-state index contributed by atoms with van der Waals surface area (Å²) >= 11 is 0. The van der Waals surface area contributed by atoms with Crippen molar-refractivity contribution in [2.45, 2.75) is 19.4 Å².